The van der Waals surface area contributed by atoms with Crippen molar-refractivity contribution in [3.8, 4) is 0 Å². The van der Waals surface area contributed by atoms with Crippen molar-refractivity contribution in [1.29, 1.82) is 0 Å². The second-order valence-electron chi connectivity index (χ2n) is 7.30. The number of methoxy groups -OCH3 is 1. The van der Waals surface area contributed by atoms with Gasteiger partial charge in [-0.3, -0.25) is 4.99 Å². The standard InChI is InChI=1S/C18H35N5O3.HI/c1-5-19-16(20-14-18(22(2)3)8-12-26-13-9-18)21-15-6-10-23(11-7-15)17(24)25-4;/h15H,5-14H2,1-4H3,(H2,19,20,21);1H. The van der Waals surface area contributed by atoms with Crippen LogP contribution >= 0.6 is 24.0 Å². The molecular weight excluding hydrogens is 461 g/mol. The Kier molecular flexibility index (Phi) is 10.7. The van der Waals surface area contributed by atoms with E-state index in [1.807, 2.05) is 0 Å². The fourth-order valence-corrected chi connectivity index (χ4v) is 3.57. The van der Waals surface area contributed by atoms with Crippen LogP contribution in [0.3, 0.4) is 0 Å². The number of nitrogens with zero attached hydrogens (tertiary/aromatic N) is 3. The summed E-state index contributed by atoms with van der Waals surface area (Å²) in [5.41, 5.74) is 0.0643. The molecule has 0 unspecified atom stereocenters. The number of rotatable bonds is 5. The van der Waals surface area contributed by atoms with Gasteiger partial charge in [0.1, 0.15) is 0 Å². The normalized spacial score (nSPS) is 20.8. The lowest BCUT2D eigenvalue weighted by Crippen LogP contribution is -2.53. The molecule has 27 heavy (non-hydrogen) atoms. The van der Waals surface area contributed by atoms with Crippen LogP contribution in [-0.2, 0) is 9.47 Å². The van der Waals surface area contributed by atoms with E-state index in [1.54, 1.807) is 4.90 Å². The fourth-order valence-electron chi connectivity index (χ4n) is 3.57. The number of hydrogen-bond acceptors (Lipinski definition) is 5. The Hall–Kier alpha value is -0.810. The van der Waals surface area contributed by atoms with Crippen molar-refractivity contribution in [3.05, 3.63) is 0 Å². The topological polar surface area (TPSA) is 78.4 Å². The highest BCUT2D eigenvalue weighted by Gasteiger charge is 2.34. The summed E-state index contributed by atoms with van der Waals surface area (Å²) in [5.74, 6) is 0.858. The van der Waals surface area contributed by atoms with Crippen molar-refractivity contribution < 1.29 is 14.3 Å². The number of carbonyl (C=O) groups is 1. The maximum atomic E-state index is 11.6. The number of likely N-dealkylation sites (tertiary alicyclic amines) is 1. The van der Waals surface area contributed by atoms with E-state index in [-0.39, 0.29) is 35.6 Å². The van der Waals surface area contributed by atoms with E-state index >= 15 is 0 Å². The maximum Gasteiger partial charge on any atom is 0.409 e. The zero-order chi connectivity index (χ0) is 19.0. The van der Waals surface area contributed by atoms with Gasteiger partial charge in [-0.15, -0.1) is 24.0 Å². The third-order valence-corrected chi connectivity index (χ3v) is 5.52. The molecule has 1 amide bonds. The second-order valence-corrected chi connectivity index (χ2v) is 7.30. The monoisotopic (exact) mass is 497 g/mol. The van der Waals surface area contributed by atoms with Gasteiger partial charge in [0.05, 0.1) is 13.7 Å². The molecule has 0 aromatic rings. The molecule has 0 aliphatic carbocycles. The summed E-state index contributed by atoms with van der Waals surface area (Å²) < 4.78 is 10.3. The minimum atomic E-state index is -0.239. The minimum absolute atomic E-state index is 0. The number of ether oxygens (including phenoxy) is 2. The van der Waals surface area contributed by atoms with Crippen LogP contribution in [0.5, 0.6) is 0 Å². The molecule has 0 bridgehead atoms. The number of halogens is 1. The first-order valence-electron chi connectivity index (χ1n) is 9.63. The third kappa shape index (κ3) is 6.94. The number of nitrogens with one attached hydrogen (secondary N) is 2. The molecule has 0 aromatic carbocycles. The molecular formula is C18H36IN5O3. The predicted octanol–water partition coefficient (Wildman–Crippen LogP) is 1.50. The zero-order valence-electron chi connectivity index (χ0n) is 17.1. The Labute approximate surface area is 180 Å². The van der Waals surface area contributed by atoms with Gasteiger partial charge in [0.15, 0.2) is 5.96 Å². The Morgan fingerprint density at radius 3 is 2.44 bits per heavy atom. The van der Waals surface area contributed by atoms with Crippen LogP contribution in [-0.4, -0.2) is 94.0 Å². The number of likely N-dealkylation sites (N-methyl/N-ethyl adjacent to an activating group) is 1. The lowest BCUT2D eigenvalue weighted by atomic mass is 9.89. The molecule has 0 atom stereocenters. The van der Waals surface area contributed by atoms with E-state index < -0.39 is 0 Å². The van der Waals surface area contributed by atoms with Gasteiger partial charge < -0.3 is 29.9 Å². The van der Waals surface area contributed by atoms with Gasteiger partial charge in [-0.05, 0) is 46.7 Å². The first kappa shape index (κ1) is 24.2. The quantitative estimate of drug-likeness (QED) is 0.341. The number of piperidine rings is 1. The Bertz CT molecular complexity index is 476. The van der Waals surface area contributed by atoms with Gasteiger partial charge >= 0.3 is 6.09 Å². The second kappa shape index (κ2) is 11.9. The molecule has 2 aliphatic rings. The number of carbonyl (C=O) groups excluding carboxylic acids is 1. The van der Waals surface area contributed by atoms with Crippen molar-refractivity contribution in [2.75, 3.05) is 60.6 Å². The van der Waals surface area contributed by atoms with Crippen LogP contribution in [0.1, 0.15) is 32.6 Å². The summed E-state index contributed by atoms with van der Waals surface area (Å²) in [6, 6.07) is 0.318. The van der Waals surface area contributed by atoms with E-state index in [0.29, 0.717) is 19.1 Å². The molecule has 0 aromatic heterocycles. The molecule has 0 spiro atoms. The van der Waals surface area contributed by atoms with E-state index in [9.17, 15) is 4.79 Å². The first-order chi connectivity index (χ1) is 12.5. The van der Waals surface area contributed by atoms with Gasteiger partial charge in [0, 0.05) is 44.4 Å². The largest absolute Gasteiger partial charge is 0.453 e. The van der Waals surface area contributed by atoms with E-state index in [4.69, 9.17) is 14.5 Å². The number of aliphatic imine (C=N–C) groups is 1. The summed E-state index contributed by atoms with van der Waals surface area (Å²) >= 11 is 0. The number of hydrogen-bond donors (Lipinski definition) is 2. The van der Waals surface area contributed by atoms with Crippen molar-refractivity contribution in [1.82, 2.24) is 20.4 Å². The maximum absolute atomic E-state index is 11.6. The van der Waals surface area contributed by atoms with Crippen molar-refractivity contribution in [2.24, 2.45) is 4.99 Å². The lowest BCUT2D eigenvalue weighted by Gasteiger charge is -2.42. The highest BCUT2D eigenvalue weighted by molar-refractivity contribution is 14.0. The Morgan fingerprint density at radius 1 is 1.30 bits per heavy atom. The minimum Gasteiger partial charge on any atom is -0.453 e. The summed E-state index contributed by atoms with van der Waals surface area (Å²) in [7, 11) is 5.69. The summed E-state index contributed by atoms with van der Waals surface area (Å²) in [6.45, 7) is 6.66. The molecule has 9 heteroatoms. The fraction of sp³-hybridized carbons (Fsp3) is 0.889. The Morgan fingerprint density at radius 2 is 1.93 bits per heavy atom. The molecule has 2 rings (SSSR count). The Balaban J connectivity index is 0.00000364. The van der Waals surface area contributed by atoms with Gasteiger partial charge in [0.25, 0.3) is 0 Å². The first-order valence-corrected chi connectivity index (χ1v) is 9.63. The molecule has 2 heterocycles. The van der Waals surface area contributed by atoms with Crippen LogP contribution in [0.25, 0.3) is 0 Å². The van der Waals surface area contributed by atoms with E-state index in [2.05, 4.69) is 36.6 Å². The third-order valence-electron chi connectivity index (χ3n) is 5.52. The molecule has 2 aliphatic heterocycles. The van der Waals surface area contributed by atoms with Gasteiger partial charge in [-0.2, -0.15) is 0 Å². The van der Waals surface area contributed by atoms with Gasteiger partial charge in [0.2, 0.25) is 0 Å². The predicted molar refractivity (Wildman–Crippen MR) is 118 cm³/mol. The summed E-state index contributed by atoms with van der Waals surface area (Å²) in [4.78, 5) is 20.5. The highest BCUT2D eigenvalue weighted by Crippen LogP contribution is 2.26. The molecule has 2 fully saturated rings. The summed E-state index contributed by atoms with van der Waals surface area (Å²) in [5, 5.41) is 6.90. The molecule has 0 radical (unpaired) electrons. The molecule has 158 valence electrons. The van der Waals surface area contributed by atoms with E-state index in [1.165, 1.54) is 7.11 Å². The van der Waals surface area contributed by atoms with Gasteiger partial charge in [-0.1, -0.05) is 0 Å². The van der Waals surface area contributed by atoms with Crippen LogP contribution < -0.4 is 10.6 Å². The summed E-state index contributed by atoms with van der Waals surface area (Å²) in [6.07, 6.45) is 3.55. The number of amides is 1. The van der Waals surface area contributed by atoms with Crippen LogP contribution in [0, 0.1) is 0 Å². The van der Waals surface area contributed by atoms with Crippen molar-refractivity contribution >= 4 is 36.0 Å². The number of guanidine groups is 1. The average molecular weight is 497 g/mol. The molecule has 8 nitrogen and oxygen atoms in total. The average Bonchev–Trinajstić information content (AvgIpc) is 2.67. The zero-order valence-corrected chi connectivity index (χ0v) is 19.5. The van der Waals surface area contributed by atoms with Crippen molar-refractivity contribution in [2.45, 2.75) is 44.2 Å². The highest BCUT2D eigenvalue weighted by atomic mass is 127. The van der Waals surface area contributed by atoms with Crippen LogP contribution in [0.4, 0.5) is 4.79 Å². The van der Waals surface area contributed by atoms with Crippen LogP contribution in [0.15, 0.2) is 4.99 Å². The van der Waals surface area contributed by atoms with Crippen LogP contribution in [0.2, 0.25) is 0 Å². The SMILES string of the molecule is CCNC(=NCC1(N(C)C)CCOCC1)NC1CCN(C(=O)OC)CC1.I. The van der Waals surface area contributed by atoms with E-state index in [0.717, 1.165) is 57.9 Å². The smallest absolute Gasteiger partial charge is 0.409 e. The molecule has 2 N–H and O–H groups in total. The molecule has 0 saturated carbocycles. The van der Waals surface area contributed by atoms with Crippen molar-refractivity contribution in [3.63, 3.8) is 0 Å². The van der Waals surface area contributed by atoms with Gasteiger partial charge in [-0.25, -0.2) is 4.79 Å². The molecule has 2 saturated heterocycles. The lowest BCUT2D eigenvalue weighted by molar-refractivity contribution is -0.00256.